The summed E-state index contributed by atoms with van der Waals surface area (Å²) >= 11 is 0. The van der Waals surface area contributed by atoms with Crippen molar-refractivity contribution in [2.24, 2.45) is 5.73 Å². The van der Waals surface area contributed by atoms with Crippen molar-refractivity contribution in [1.29, 1.82) is 0 Å². The van der Waals surface area contributed by atoms with Gasteiger partial charge in [0.25, 0.3) is 0 Å². The first-order chi connectivity index (χ1) is 9.35. The van der Waals surface area contributed by atoms with Crippen LogP contribution in [0.25, 0.3) is 0 Å². The van der Waals surface area contributed by atoms with E-state index in [-0.39, 0.29) is 12.5 Å². The first-order valence-electron chi connectivity index (χ1n) is 6.67. The number of nitrogens with one attached hydrogen (secondary N) is 1. The van der Waals surface area contributed by atoms with Crippen LogP contribution in [-0.2, 0) is 9.53 Å². The van der Waals surface area contributed by atoms with Crippen LogP contribution in [0, 0.1) is 6.92 Å². The molecule has 0 saturated heterocycles. The number of hydrogen-bond donors (Lipinski definition) is 3. The Morgan fingerprint density at radius 2 is 2.05 bits per heavy atom. The molecule has 0 aliphatic heterocycles. The zero-order valence-corrected chi connectivity index (χ0v) is 12.3. The summed E-state index contributed by atoms with van der Waals surface area (Å²) in [7, 11) is 1.57. The predicted octanol–water partition coefficient (Wildman–Crippen LogP) is 0.899. The molecule has 0 aromatic heterocycles. The average molecular weight is 280 g/mol. The normalized spacial score (nSPS) is 15.4. The molecule has 0 radical (unpaired) electrons. The number of amides is 1. The molecule has 0 aliphatic rings. The molecule has 112 valence electrons. The van der Waals surface area contributed by atoms with Gasteiger partial charge >= 0.3 is 0 Å². The summed E-state index contributed by atoms with van der Waals surface area (Å²) in [5.74, 6) is -0.299. The maximum atomic E-state index is 12.0. The molecular weight excluding hydrogens is 256 g/mol. The topological polar surface area (TPSA) is 84.6 Å². The summed E-state index contributed by atoms with van der Waals surface area (Å²) in [6.45, 7) is 4.22. The number of carbonyl (C=O) groups excluding carboxylic acids is 1. The van der Waals surface area contributed by atoms with E-state index < -0.39 is 11.6 Å². The lowest BCUT2D eigenvalue weighted by molar-refractivity contribution is -0.123. The summed E-state index contributed by atoms with van der Waals surface area (Å²) in [4.78, 5) is 12.0. The molecule has 5 heteroatoms. The van der Waals surface area contributed by atoms with Gasteiger partial charge in [-0.25, -0.2) is 0 Å². The number of aliphatic hydroxyl groups is 1. The van der Waals surface area contributed by atoms with Gasteiger partial charge in [-0.15, -0.1) is 0 Å². The Balaban J connectivity index is 2.52. The summed E-state index contributed by atoms with van der Waals surface area (Å²) in [5.41, 5.74) is 6.77. The van der Waals surface area contributed by atoms with Gasteiger partial charge in [0.2, 0.25) is 5.91 Å². The Bertz CT molecular complexity index is 429. The summed E-state index contributed by atoms with van der Waals surface area (Å²) in [6, 6.07) is 6.77. The van der Waals surface area contributed by atoms with Crippen molar-refractivity contribution in [2.75, 3.05) is 20.3 Å². The van der Waals surface area contributed by atoms with E-state index in [1.54, 1.807) is 14.0 Å². The summed E-state index contributed by atoms with van der Waals surface area (Å²) in [6.07, 6.45) is 0.448. The fourth-order valence-corrected chi connectivity index (χ4v) is 1.72. The summed E-state index contributed by atoms with van der Waals surface area (Å²) in [5, 5.41) is 12.7. The second-order valence-electron chi connectivity index (χ2n) is 5.35. The van der Waals surface area contributed by atoms with Gasteiger partial charge in [-0.1, -0.05) is 29.8 Å². The van der Waals surface area contributed by atoms with Crippen LogP contribution in [0.3, 0.4) is 0 Å². The molecule has 0 aliphatic carbocycles. The van der Waals surface area contributed by atoms with Crippen LogP contribution in [0.15, 0.2) is 24.3 Å². The van der Waals surface area contributed by atoms with E-state index in [2.05, 4.69) is 5.32 Å². The molecule has 0 fully saturated rings. The Morgan fingerprint density at radius 3 is 2.60 bits per heavy atom. The highest BCUT2D eigenvalue weighted by molar-refractivity contribution is 5.82. The molecule has 1 aromatic rings. The predicted molar refractivity (Wildman–Crippen MR) is 78.2 cm³/mol. The molecule has 5 nitrogen and oxygen atoms in total. The van der Waals surface area contributed by atoms with Gasteiger partial charge in [-0.05, 0) is 19.4 Å². The minimum absolute atomic E-state index is 0.148. The van der Waals surface area contributed by atoms with Crippen LogP contribution in [0.4, 0.5) is 0 Å². The molecule has 0 spiro atoms. The highest BCUT2D eigenvalue weighted by Crippen LogP contribution is 2.13. The first kappa shape index (κ1) is 16.6. The Hall–Kier alpha value is -1.43. The minimum atomic E-state index is -1.00. The van der Waals surface area contributed by atoms with Crippen molar-refractivity contribution < 1.29 is 14.6 Å². The van der Waals surface area contributed by atoms with E-state index in [0.717, 1.165) is 11.1 Å². The maximum Gasteiger partial charge on any atom is 0.241 e. The van der Waals surface area contributed by atoms with Gasteiger partial charge in [0.05, 0.1) is 5.60 Å². The van der Waals surface area contributed by atoms with Crippen molar-refractivity contribution >= 4 is 5.91 Å². The molecule has 1 aromatic carbocycles. The van der Waals surface area contributed by atoms with Crippen molar-refractivity contribution in [3.05, 3.63) is 35.4 Å². The Morgan fingerprint density at radius 1 is 1.45 bits per heavy atom. The van der Waals surface area contributed by atoms with Crippen LogP contribution in [0.5, 0.6) is 0 Å². The molecule has 1 rings (SSSR count). The second kappa shape index (κ2) is 7.38. The molecule has 2 atom stereocenters. The number of aryl methyl sites for hydroxylation is 1. The second-order valence-corrected chi connectivity index (χ2v) is 5.35. The number of methoxy groups -OCH3 is 1. The van der Waals surface area contributed by atoms with Crippen molar-refractivity contribution in [1.82, 2.24) is 5.32 Å². The van der Waals surface area contributed by atoms with Gasteiger partial charge in [0, 0.05) is 26.7 Å². The molecular formula is C15H24N2O3. The van der Waals surface area contributed by atoms with E-state index in [1.165, 1.54) is 0 Å². The number of ether oxygens (including phenoxy) is 1. The largest absolute Gasteiger partial charge is 0.388 e. The fraction of sp³-hybridized carbons (Fsp3) is 0.533. The minimum Gasteiger partial charge on any atom is -0.388 e. The zero-order chi connectivity index (χ0) is 15.2. The third-order valence-electron chi connectivity index (χ3n) is 3.21. The number of benzene rings is 1. The standard InChI is InChI=1S/C15H24N2O3/c1-11-4-6-12(7-5-11)13(16)14(18)17-10-15(2,19)8-9-20-3/h4-7,13,19H,8-10,16H2,1-3H3,(H,17,18). The molecule has 1 amide bonds. The van der Waals surface area contributed by atoms with E-state index in [0.29, 0.717) is 13.0 Å². The molecule has 20 heavy (non-hydrogen) atoms. The highest BCUT2D eigenvalue weighted by atomic mass is 16.5. The van der Waals surface area contributed by atoms with Crippen LogP contribution in [-0.4, -0.2) is 36.9 Å². The van der Waals surface area contributed by atoms with Gasteiger partial charge in [0.1, 0.15) is 6.04 Å². The molecule has 0 bridgehead atoms. The lowest BCUT2D eigenvalue weighted by atomic mass is 10.0. The first-order valence-corrected chi connectivity index (χ1v) is 6.67. The quantitative estimate of drug-likeness (QED) is 0.693. The lowest BCUT2D eigenvalue weighted by Gasteiger charge is -2.24. The van der Waals surface area contributed by atoms with Crippen LogP contribution in [0.2, 0.25) is 0 Å². The third-order valence-corrected chi connectivity index (χ3v) is 3.21. The van der Waals surface area contributed by atoms with Gasteiger partial charge in [-0.2, -0.15) is 0 Å². The smallest absolute Gasteiger partial charge is 0.241 e. The van der Waals surface area contributed by atoms with Gasteiger partial charge in [0.15, 0.2) is 0 Å². The van der Waals surface area contributed by atoms with Crippen molar-refractivity contribution in [3.8, 4) is 0 Å². The lowest BCUT2D eigenvalue weighted by Crippen LogP contribution is -2.44. The third kappa shape index (κ3) is 5.28. The number of hydrogen-bond acceptors (Lipinski definition) is 4. The monoisotopic (exact) mass is 280 g/mol. The molecule has 0 saturated carbocycles. The number of nitrogens with two attached hydrogens (primary N) is 1. The zero-order valence-electron chi connectivity index (χ0n) is 12.3. The maximum absolute atomic E-state index is 12.0. The van der Waals surface area contributed by atoms with Crippen molar-refractivity contribution in [2.45, 2.75) is 31.9 Å². The van der Waals surface area contributed by atoms with Gasteiger partial charge in [-0.3, -0.25) is 4.79 Å². The summed E-state index contributed by atoms with van der Waals surface area (Å²) < 4.78 is 4.92. The van der Waals surface area contributed by atoms with Crippen LogP contribution >= 0.6 is 0 Å². The molecule has 0 heterocycles. The average Bonchev–Trinajstić information content (AvgIpc) is 2.43. The van der Waals surface area contributed by atoms with Gasteiger partial charge < -0.3 is 20.9 Å². The van der Waals surface area contributed by atoms with E-state index in [4.69, 9.17) is 10.5 Å². The number of carbonyl (C=O) groups is 1. The molecule has 4 N–H and O–H groups in total. The van der Waals surface area contributed by atoms with E-state index >= 15 is 0 Å². The Kier molecular flexibility index (Phi) is 6.13. The SMILES string of the molecule is COCCC(C)(O)CNC(=O)C(N)c1ccc(C)cc1. The highest BCUT2D eigenvalue weighted by Gasteiger charge is 2.23. The van der Waals surface area contributed by atoms with E-state index in [1.807, 2.05) is 31.2 Å². The molecule has 2 unspecified atom stereocenters. The fourth-order valence-electron chi connectivity index (χ4n) is 1.72. The number of rotatable bonds is 7. The van der Waals surface area contributed by atoms with Crippen LogP contribution in [0.1, 0.15) is 30.5 Å². The van der Waals surface area contributed by atoms with Crippen molar-refractivity contribution in [3.63, 3.8) is 0 Å². The van der Waals surface area contributed by atoms with E-state index in [9.17, 15) is 9.90 Å². The Labute approximate surface area is 120 Å². The van der Waals surface area contributed by atoms with Crippen LogP contribution < -0.4 is 11.1 Å².